The molecule has 126 valence electrons. The lowest BCUT2D eigenvalue weighted by Gasteiger charge is -2.08. The molecule has 1 aromatic carbocycles. The van der Waals surface area contributed by atoms with Crippen molar-refractivity contribution >= 4 is 43.9 Å². The van der Waals surface area contributed by atoms with Crippen LogP contribution in [0.25, 0.3) is 10.9 Å². The molecule has 0 saturated heterocycles. The standard InChI is InChI=1S/C14H12ClN3O4S2/c1-22-6-11-17-14(23-18-11)24(20,21)7-8-5-10(15)9-3-2-4-16-12(9)13(8)19/h2-5,19H,6-7H2,1H3. The number of halogens is 1. The van der Waals surface area contributed by atoms with E-state index in [9.17, 15) is 13.5 Å². The fraction of sp³-hybridized carbons (Fsp3) is 0.214. The summed E-state index contributed by atoms with van der Waals surface area (Å²) in [4.78, 5) is 8.01. The second-order valence-electron chi connectivity index (χ2n) is 4.93. The van der Waals surface area contributed by atoms with Gasteiger partial charge in [-0.3, -0.25) is 4.98 Å². The first kappa shape index (κ1) is 17.0. The minimum atomic E-state index is -3.78. The van der Waals surface area contributed by atoms with Crippen molar-refractivity contribution in [1.29, 1.82) is 0 Å². The molecule has 0 unspecified atom stereocenters. The number of hydrogen-bond donors (Lipinski definition) is 1. The van der Waals surface area contributed by atoms with E-state index in [0.29, 0.717) is 16.2 Å². The van der Waals surface area contributed by atoms with Crippen LogP contribution in [0.15, 0.2) is 28.7 Å². The minimum absolute atomic E-state index is 0.128. The predicted molar refractivity (Wildman–Crippen MR) is 89.9 cm³/mol. The third-order valence-corrected chi connectivity index (χ3v) is 6.39. The van der Waals surface area contributed by atoms with Gasteiger partial charge in [-0.2, -0.15) is 4.37 Å². The van der Waals surface area contributed by atoms with E-state index in [4.69, 9.17) is 16.3 Å². The Kier molecular flexibility index (Phi) is 4.68. The molecule has 1 N–H and O–H groups in total. The van der Waals surface area contributed by atoms with E-state index in [1.54, 1.807) is 12.1 Å². The van der Waals surface area contributed by atoms with Gasteiger partial charge in [-0.1, -0.05) is 11.6 Å². The molecule has 3 aromatic rings. The van der Waals surface area contributed by atoms with Gasteiger partial charge in [0.1, 0.15) is 17.9 Å². The molecule has 0 aliphatic heterocycles. The number of rotatable bonds is 5. The topological polar surface area (TPSA) is 102 Å². The molecule has 10 heteroatoms. The van der Waals surface area contributed by atoms with Crippen LogP contribution < -0.4 is 0 Å². The van der Waals surface area contributed by atoms with Crippen LogP contribution in [0.2, 0.25) is 5.02 Å². The number of aromatic nitrogens is 3. The molecule has 0 amide bonds. The average molecular weight is 386 g/mol. The summed E-state index contributed by atoms with van der Waals surface area (Å²) < 4.78 is 33.7. The second kappa shape index (κ2) is 6.60. The van der Waals surface area contributed by atoms with Crippen molar-refractivity contribution in [3.63, 3.8) is 0 Å². The van der Waals surface area contributed by atoms with E-state index < -0.39 is 15.6 Å². The van der Waals surface area contributed by atoms with Gasteiger partial charge in [-0.25, -0.2) is 13.4 Å². The Labute approximate surface area is 147 Å². The summed E-state index contributed by atoms with van der Waals surface area (Å²) in [6.07, 6.45) is 1.50. The number of phenolic OH excluding ortho intramolecular Hbond substituents is 1. The zero-order valence-corrected chi connectivity index (χ0v) is 14.8. The molecule has 0 radical (unpaired) electrons. The summed E-state index contributed by atoms with van der Waals surface area (Å²) in [5.41, 5.74) is 0.419. The largest absolute Gasteiger partial charge is 0.505 e. The zero-order chi connectivity index (χ0) is 17.3. The Morgan fingerprint density at radius 2 is 2.21 bits per heavy atom. The van der Waals surface area contributed by atoms with E-state index in [1.807, 2.05) is 0 Å². The maximum atomic E-state index is 12.5. The van der Waals surface area contributed by atoms with Crippen LogP contribution in [0, 0.1) is 0 Å². The highest BCUT2D eigenvalue weighted by atomic mass is 35.5. The first-order chi connectivity index (χ1) is 11.4. The zero-order valence-electron chi connectivity index (χ0n) is 12.4. The van der Waals surface area contributed by atoms with Crippen molar-refractivity contribution in [2.45, 2.75) is 16.7 Å². The van der Waals surface area contributed by atoms with Gasteiger partial charge in [-0.15, -0.1) is 0 Å². The molecule has 0 atom stereocenters. The van der Waals surface area contributed by atoms with Crippen molar-refractivity contribution in [3.8, 4) is 5.75 Å². The van der Waals surface area contributed by atoms with Crippen molar-refractivity contribution in [1.82, 2.24) is 14.3 Å². The monoisotopic (exact) mass is 385 g/mol. The molecule has 0 saturated carbocycles. The third kappa shape index (κ3) is 3.20. The Morgan fingerprint density at radius 1 is 1.42 bits per heavy atom. The lowest BCUT2D eigenvalue weighted by atomic mass is 10.1. The molecule has 0 spiro atoms. The Balaban J connectivity index is 2.00. The summed E-state index contributed by atoms with van der Waals surface area (Å²) in [7, 11) is -2.31. The first-order valence-electron chi connectivity index (χ1n) is 6.71. The maximum Gasteiger partial charge on any atom is 0.229 e. The fourth-order valence-electron chi connectivity index (χ4n) is 2.17. The summed E-state index contributed by atoms with van der Waals surface area (Å²) in [5.74, 6) is -0.365. The number of pyridine rings is 1. The van der Waals surface area contributed by atoms with Crippen LogP contribution in [0.5, 0.6) is 5.75 Å². The van der Waals surface area contributed by atoms with Crippen LogP contribution in [0.3, 0.4) is 0 Å². The summed E-state index contributed by atoms with van der Waals surface area (Å²) >= 11 is 6.94. The number of methoxy groups -OCH3 is 1. The molecule has 0 aliphatic carbocycles. The fourth-order valence-corrected chi connectivity index (χ4v) is 4.61. The number of sulfone groups is 1. The van der Waals surface area contributed by atoms with Crippen LogP contribution in [-0.2, 0) is 26.9 Å². The SMILES string of the molecule is COCc1nsc(S(=O)(=O)Cc2cc(Cl)c3cccnc3c2O)n1. The number of nitrogens with zero attached hydrogens (tertiary/aromatic N) is 3. The summed E-state index contributed by atoms with van der Waals surface area (Å²) in [5, 5.41) is 11.2. The number of ether oxygens (including phenoxy) is 1. The van der Waals surface area contributed by atoms with Gasteiger partial charge in [-0.05, 0) is 29.7 Å². The van der Waals surface area contributed by atoms with Crippen molar-refractivity contribution in [3.05, 3.63) is 40.8 Å². The van der Waals surface area contributed by atoms with Crippen molar-refractivity contribution in [2.24, 2.45) is 0 Å². The Bertz CT molecular complexity index is 1000. The smallest absolute Gasteiger partial charge is 0.229 e. The van der Waals surface area contributed by atoms with Gasteiger partial charge in [0.05, 0.1) is 10.8 Å². The van der Waals surface area contributed by atoms with Gasteiger partial charge < -0.3 is 9.84 Å². The van der Waals surface area contributed by atoms with Gasteiger partial charge in [0, 0.05) is 24.3 Å². The quantitative estimate of drug-likeness (QED) is 0.719. The molecule has 0 aliphatic rings. The highest BCUT2D eigenvalue weighted by molar-refractivity contribution is 7.92. The van der Waals surface area contributed by atoms with Crippen LogP contribution in [0.4, 0.5) is 0 Å². The van der Waals surface area contributed by atoms with Gasteiger partial charge in [0.2, 0.25) is 14.2 Å². The van der Waals surface area contributed by atoms with Gasteiger partial charge >= 0.3 is 0 Å². The molecule has 2 aromatic heterocycles. The van der Waals surface area contributed by atoms with Gasteiger partial charge in [0.25, 0.3) is 0 Å². The minimum Gasteiger partial charge on any atom is -0.505 e. The lowest BCUT2D eigenvalue weighted by molar-refractivity contribution is 0.178. The van der Waals surface area contributed by atoms with Crippen LogP contribution >= 0.6 is 23.1 Å². The Morgan fingerprint density at radius 3 is 2.96 bits per heavy atom. The molecule has 0 fully saturated rings. The van der Waals surface area contributed by atoms with E-state index in [0.717, 1.165) is 11.5 Å². The molecule has 3 rings (SSSR count). The van der Waals surface area contributed by atoms with E-state index in [-0.39, 0.29) is 27.8 Å². The van der Waals surface area contributed by atoms with Crippen molar-refractivity contribution < 1.29 is 18.3 Å². The second-order valence-corrected chi connectivity index (χ2v) is 8.26. The molecule has 24 heavy (non-hydrogen) atoms. The van der Waals surface area contributed by atoms with E-state index in [2.05, 4.69) is 14.3 Å². The maximum absolute atomic E-state index is 12.5. The van der Waals surface area contributed by atoms with Gasteiger partial charge in [0.15, 0.2) is 5.82 Å². The number of hydrogen-bond acceptors (Lipinski definition) is 8. The number of aromatic hydroxyl groups is 1. The number of fused-ring (bicyclic) bond motifs is 1. The Hall–Kier alpha value is -1.81. The highest BCUT2D eigenvalue weighted by Gasteiger charge is 2.24. The van der Waals surface area contributed by atoms with Crippen molar-refractivity contribution in [2.75, 3.05) is 7.11 Å². The third-order valence-electron chi connectivity index (χ3n) is 3.23. The van der Waals surface area contributed by atoms with Crippen LogP contribution in [-0.4, -0.2) is 35.0 Å². The lowest BCUT2D eigenvalue weighted by Crippen LogP contribution is -2.06. The molecule has 2 heterocycles. The summed E-state index contributed by atoms with van der Waals surface area (Å²) in [6, 6.07) is 4.81. The molecular formula is C14H12ClN3O4S2. The van der Waals surface area contributed by atoms with Crippen LogP contribution in [0.1, 0.15) is 11.4 Å². The molecule has 0 bridgehead atoms. The first-order valence-corrected chi connectivity index (χ1v) is 9.52. The predicted octanol–water partition coefficient (Wildman–Crippen LogP) is 2.57. The molecule has 7 nitrogen and oxygen atoms in total. The number of phenols is 1. The number of benzene rings is 1. The normalized spacial score (nSPS) is 11.9. The average Bonchev–Trinajstić information content (AvgIpc) is 3.02. The molecular weight excluding hydrogens is 374 g/mol. The van der Waals surface area contributed by atoms with E-state index in [1.165, 1.54) is 19.4 Å². The highest BCUT2D eigenvalue weighted by Crippen LogP contribution is 2.34. The summed E-state index contributed by atoms with van der Waals surface area (Å²) in [6.45, 7) is 0.128. The van der Waals surface area contributed by atoms with E-state index >= 15 is 0 Å².